The molecular formula is C20H24ClN3O2. The predicted molar refractivity (Wildman–Crippen MR) is 105 cm³/mol. The van der Waals surface area contributed by atoms with E-state index in [4.69, 9.17) is 21.1 Å². The van der Waals surface area contributed by atoms with Crippen LogP contribution in [0.15, 0.2) is 47.6 Å². The Balaban J connectivity index is 1.57. The molecule has 0 spiro atoms. The molecule has 0 unspecified atom stereocenters. The zero-order valence-electron chi connectivity index (χ0n) is 15.2. The van der Waals surface area contributed by atoms with Gasteiger partial charge in [0.25, 0.3) is 0 Å². The van der Waals surface area contributed by atoms with Crippen LogP contribution in [-0.4, -0.2) is 56.5 Å². The van der Waals surface area contributed by atoms with Crippen LogP contribution in [0.2, 0.25) is 5.02 Å². The number of ether oxygens (including phenoxy) is 2. The Labute approximate surface area is 159 Å². The summed E-state index contributed by atoms with van der Waals surface area (Å²) in [6, 6.07) is 13.7. The average Bonchev–Trinajstić information content (AvgIpc) is 2.69. The van der Waals surface area contributed by atoms with E-state index < -0.39 is 0 Å². The normalized spacial score (nSPS) is 15.4. The minimum atomic E-state index is 0.784. The molecule has 3 rings (SSSR count). The van der Waals surface area contributed by atoms with Gasteiger partial charge in [-0.1, -0.05) is 29.8 Å². The van der Waals surface area contributed by atoms with E-state index in [1.165, 1.54) is 5.56 Å². The molecule has 1 fully saturated rings. The van der Waals surface area contributed by atoms with E-state index in [0.717, 1.165) is 54.8 Å². The van der Waals surface area contributed by atoms with Crippen LogP contribution in [0.3, 0.4) is 0 Å². The summed E-state index contributed by atoms with van der Waals surface area (Å²) < 4.78 is 10.7. The number of hydrazone groups is 1. The Hall–Kier alpha value is -2.24. The first-order chi connectivity index (χ1) is 12.7. The Morgan fingerprint density at radius 2 is 1.81 bits per heavy atom. The molecule has 26 heavy (non-hydrogen) atoms. The lowest BCUT2D eigenvalue weighted by Crippen LogP contribution is -2.43. The van der Waals surface area contributed by atoms with Gasteiger partial charge in [0, 0.05) is 43.3 Å². The summed E-state index contributed by atoms with van der Waals surface area (Å²) in [5.74, 6) is 1.57. The summed E-state index contributed by atoms with van der Waals surface area (Å²) in [6.45, 7) is 4.55. The predicted octanol–water partition coefficient (Wildman–Crippen LogP) is 3.51. The van der Waals surface area contributed by atoms with Crippen molar-refractivity contribution >= 4 is 17.8 Å². The standard InChI is InChI=1S/C20H24ClN3O2/c1-25-18-7-8-20(26-2)17(13-18)14-22-24-11-9-23(10-12-24)15-16-5-3-4-6-19(16)21/h3-8,13-14H,9-12,15H2,1-2H3/b22-14+. The fourth-order valence-electron chi connectivity index (χ4n) is 2.96. The zero-order chi connectivity index (χ0) is 18.4. The van der Waals surface area contributed by atoms with Crippen LogP contribution in [0, 0.1) is 0 Å². The Bertz CT molecular complexity index is 758. The summed E-state index contributed by atoms with van der Waals surface area (Å²) in [5.41, 5.74) is 2.08. The van der Waals surface area contributed by atoms with E-state index in [-0.39, 0.29) is 0 Å². The number of methoxy groups -OCH3 is 2. The third kappa shape index (κ3) is 4.68. The summed E-state index contributed by atoms with van der Waals surface area (Å²) >= 11 is 6.26. The van der Waals surface area contributed by atoms with Crippen LogP contribution < -0.4 is 9.47 Å². The molecule has 2 aromatic carbocycles. The number of hydrogen-bond acceptors (Lipinski definition) is 5. The van der Waals surface area contributed by atoms with Crippen LogP contribution >= 0.6 is 11.6 Å². The molecule has 138 valence electrons. The monoisotopic (exact) mass is 373 g/mol. The highest BCUT2D eigenvalue weighted by Crippen LogP contribution is 2.22. The van der Waals surface area contributed by atoms with Crippen LogP contribution in [0.1, 0.15) is 11.1 Å². The topological polar surface area (TPSA) is 37.3 Å². The van der Waals surface area contributed by atoms with Crippen LogP contribution in [0.5, 0.6) is 11.5 Å². The highest BCUT2D eigenvalue weighted by atomic mass is 35.5. The lowest BCUT2D eigenvalue weighted by molar-refractivity contribution is 0.131. The van der Waals surface area contributed by atoms with Gasteiger partial charge in [-0.05, 0) is 29.8 Å². The molecule has 0 atom stereocenters. The highest BCUT2D eigenvalue weighted by Gasteiger charge is 2.16. The number of hydrogen-bond donors (Lipinski definition) is 0. The van der Waals surface area contributed by atoms with E-state index in [9.17, 15) is 0 Å². The smallest absolute Gasteiger partial charge is 0.127 e. The van der Waals surface area contributed by atoms with Crippen molar-refractivity contribution < 1.29 is 9.47 Å². The zero-order valence-corrected chi connectivity index (χ0v) is 15.9. The third-order valence-electron chi connectivity index (χ3n) is 4.50. The van der Waals surface area contributed by atoms with Crippen LogP contribution in [0.4, 0.5) is 0 Å². The van der Waals surface area contributed by atoms with E-state index >= 15 is 0 Å². The average molecular weight is 374 g/mol. The fourth-order valence-corrected chi connectivity index (χ4v) is 3.16. The van der Waals surface area contributed by atoms with Gasteiger partial charge in [0.15, 0.2) is 0 Å². The molecule has 0 amide bonds. The second-order valence-corrected chi connectivity index (χ2v) is 6.58. The van der Waals surface area contributed by atoms with Gasteiger partial charge in [0.1, 0.15) is 11.5 Å². The van der Waals surface area contributed by atoms with Crippen molar-refractivity contribution in [2.24, 2.45) is 5.10 Å². The summed E-state index contributed by atoms with van der Waals surface area (Å²) in [5, 5.41) is 7.53. The summed E-state index contributed by atoms with van der Waals surface area (Å²) in [4.78, 5) is 2.40. The fraction of sp³-hybridized carbons (Fsp3) is 0.350. The number of piperazine rings is 1. The van der Waals surface area contributed by atoms with Gasteiger partial charge in [0.05, 0.1) is 20.4 Å². The maximum Gasteiger partial charge on any atom is 0.127 e. The van der Waals surface area contributed by atoms with Gasteiger partial charge >= 0.3 is 0 Å². The van der Waals surface area contributed by atoms with Gasteiger partial charge in [-0.2, -0.15) is 5.10 Å². The molecule has 0 aliphatic carbocycles. The highest BCUT2D eigenvalue weighted by molar-refractivity contribution is 6.31. The molecule has 1 saturated heterocycles. The van der Waals surface area contributed by atoms with Crippen molar-refractivity contribution in [1.82, 2.24) is 9.91 Å². The van der Waals surface area contributed by atoms with Gasteiger partial charge in [0.2, 0.25) is 0 Å². The van der Waals surface area contributed by atoms with Gasteiger partial charge in [-0.3, -0.25) is 9.91 Å². The first-order valence-corrected chi connectivity index (χ1v) is 9.04. The minimum absolute atomic E-state index is 0.784. The maximum absolute atomic E-state index is 6.26. The number of nitrogens with zero attached hydrogens (tertiary/aromatic N) is 3. The molecular weight excluding hydrogens is 350 g/mol. The van der Waals surface area contributed by atoms with Crippen LogP contribution in [-0.2, 0) is 6.54 Å². The van der Waals surface area contributed by atoms with Crippen molar-refractivity contribution in [3.05, 3.63) is 58.6 Å². The molecule has 2 aromatic rings. The Morgan fingerprint density at radius 1 is 1.04 bits per heavy atom. The first kappa shape index (κ1) is 18.5. The number of benzene rings is 2. The second-order valence-electron chi connectivity index (χ2n) is 6.17. The van der Waals surface area contributed by atoms with Crippen molar-refractivity contribution in [3.63, 3.8) is 0 Å². The molecule has 1 aliphatic heterocycles. The quantitative estimate of drug-likeness (QED) is 0.726. The molecule has 1 heterocycles. The minimum Gasteiger partial charge on any atom is -0.497 e. The van der Waals surface area contributed by atoms with E-state index in [0.29, 0.717) is 0 Å². The molecule has 1 aliphatic rings. The number of halogens is 1. The molecule has 6 heteroatoms. The largest absolute Gasteiger partial charge is 0.497 e. The van der Waals surface area contributed by atoms with E-state index in [1.807, 2.05) is 42.6 Å². The molecule has 0 bridgehead atoms. The van der Waals surface area contributed by atoms with Crippen molar-refractivity contribution in [3.8, 4) is 11.5 Å². The van der Waals surface area contributed by atoms with Gasteiger partial charge < -0.3 is 9.47 Å². The third-order valence-corrected chi connectivity index (χ3v) is 4.87. The summed E-state index contributed by atoms with van der Waals surface area (Å²) in [7, 11) is 3.31. The summed E-state index contributed by atoms with van der Waals surface area (Å²) in [6.07, 6.45) is 1.84. The van der Waals surface area contributed by atoms with Crippen molar-refractivity contribution in [1.29, 1.82) is 0 Å². The van der Waals surface area contributed by atoms with Gasteiger partial charge in [-0.25, -0.2) is 0 Å². The van der Waals surface area contributed by atoms with E-state index in [2.05, 4.69) is 21.1 Å². The molecule has 0 aromatic heterocycles. The SMILES string of the molecule is COc1ccc(OC)c(/C=N/N2CCN(Cc3ccccc3Cl)CC2)c1. The second kappa shape index (κ2) is 8.92. The first-order valence-electron chi connectivity index (χ1n) is 8.66. The molecule has 5 nitrogen and oxygen atoms in total. The van der Waals surface area contributed by atoms with Crippen molar-refractivity contribution in [2.45, 2.75) is 6.54 Å². The van der Waals surface area contributed by atoms with Crippen LogP contribution in [0.25, 0.3) is 0 Å². The van der Waals surface area contributed by atoms with Crippen molar-refractivity contribution in [2.75, 3.05) is 40.4 Å². The Morgan fingerprint density at radius 3 is 2.50 bits per heavy atom. The number of rotatable bonds is 6. The van der Waals surface area contributed by atoms with Gasteiger partial charge in [-0.15, -0.1) is 0 Å². The lowest BCUT2D eigenvalue weighted by Gasteiger charge is -2.33. The molecule has 0 N–H and O–H groups in total. The molecule has 0 radical (unpaired) electrons. The Kier molecular flexibility index (Phi) is 6.36. The van der Waals surface area contributed by atoms with E-state index in [1.54, 1.807) is 14.2 Å². The maximum atomic E-state index is 6.26. The molecule has 0 saturated carbocycles. The lowest BCUT2D eigenvalue weighted by atomic mass is 10.2.